The van der Waals surface area contributed by atoms with E-state index in [1.165, 1.54) is 63.5 Å². The van der Waals surface area contributed by atoms with Crippen LogP contribution in [0.5, 0.6) is 17.2 Å². The number of benzene rings is 1. The molecule has 0 aromatic heterocycles. The predicted octanol–water partition coefficient (Wildman–Crippen LogP) is 19.5. The van der Waals surface area contributed by atoms with Crippen molar-refractivity contribution in [3.05, 3.63) is 133 Å². The van der Waals surface area contributed by atoms with Crippen LogP contribution >= 0.6 is 0 Å². The molecule has 0 fully saturated rings. The number of hydrogen-bond donors (Lipinski definition) is 2. The van der Waals surface area contributed by atoms with E-state index >= 15 is 0 Å². The lowest BCUT2D eigenvalue weighted by atomic mass is 9.96. The van der Waals surface area contributed by atoms with Crippen LogP contribution < -0.4 is 4.74 Å². The minimum Gasteiger partial charge on any atom is -0.507 e. The molecule has 0 spiro atoms. The standard InChI is InChI=1S/C59H89F3O3/c1-43(2)23-14-24-44(3)25-15-26-45(4)27-16-28-46(5)29-17-30-47(6)31-18-32-48(7)33-19-34-49(8)35-20-36-50(9)37-21-38-51(10)39-22-40-52(11)41-42-54-53(12)56(63)55(59(60,61)62)58(65-13)57(54)64/h23,25,27,29,31,33,35,37,39,41,63-64H,14-22,24,26,28,30,32,34,36,38,40,42H2,1-13H3/b44-25+,45-27+,46-29+,47-31+,48-33+,49-35+,50-37+,51-39+,52-41+. The lowest BCUT2D eigenvalue weighted by molar-refractivity contribution is -0.140. The first kappa shape index (κ1) is 58.8. The molecule has 0 saturated heterocycles. The Balaban J connectivity index is 2.36. The lowest BCUT2D eigenvalue weighted by Crippen LogP contribution is -2.10. The van der Waals surface area contributed by atoms with Crippen molar-refractivity contribution in [2.75, 3.05) is 7.11 Å². The minimum absolute atomic E-state index is 0.00143. The van der Waals surface area contributed by atoms with E-state index in [9.17, 15) is 23.4 Å². The van der Waals surface area contributed by atoms with Crippen LogP contribution in [0, 0.1) is 6.92 Å². The summed E-state index contributed by atoms with van der Waals surface area (Å²) < 4.78 is 45.4. The maximum Gasteiger partial charge on any atom is 0.423 e. The summed E-state index contributed by atoms with van der Waals surface area (Å²) in [6.45, 7) is 25.7. The molecule has 2 N–H and O–H groups in total. The highest BCUT2D eigenvalue weighted by Gasteiger charge is 2.41. The van der Waals surface area contributed by atoms with Crippen molar-refractivity contribution in [3.8, 4) is 17.2 Å². The van der Waals surface area contributed by atoms with E-state index in [1.54, 1.807) is 0 Å². The highest BCUT2D eigenvalue weighted by molar-refractivity contribution is 5.63. The zero-order valence-electron chi connectivity index (χ0n) is 43.1. The lowest BCUT2D eigenvalue weighted by Gasteiger charge is -2.19. The zero-order valence-corrected chi connectivity index (χ0v) is 43.1. The third-order valence-corrected chi connectivity index (χ3v) is 12.3. The number of halogens is 3. The van der Waals surface area contributed by atoms with Gasteiger partial charge in [-0.1, -0.05) is 116 Å². The number of methoxy groups -OCH3 is 1. The summed E-state index contributed by atoms with van der Waals surface area (Å²) in [6.07, 6.45) is 38.2. The molecule has 3 nitrogen and oxygen atoms in total. The van der Waals surface area contributed by atoms with Gasteiger partial charge in [0.1, 0.15) is 11.3 Å². The molecule has 1 rings (SSSR count). The molecule has 364 valence electrons. The minimum atomic E-state index is -4.85. The molecular weight excluding hydrogens is 814 g/mol. The van der Waals surface area contributed by atoms with Gasteiger partial charge in [0.2, 0.25) is 0 Å². The summed E-state index contributed by atoms with van der Waals surface area (Å²) in [5, 5.41) is 20.8. The Labute approximate surface area is 395 Å². The summed E-state index contributed by atoms with van der Waals surface area (Å²) in [5.41, 5.74) is 13.1. The SMILES string of the molecule is COc1c(O)c(C/C=C(\C)CC/C=C(\C)CC/C=C(\C)CC/C=C(\C)CC/C=C(\C)CC/C=C(\C)CC/C=C(\C)CC/C=C(\C)CC/C=C(\C)CCC=C(C)C)c(C)c(O)c1C(F)(F)F. The fraction of sp³-hybridized carbons (Fsp3) is 0.559. The Hall–Kier alpha value is -4.19. The average Bonchev–Trinajstić information content (AvgIpc) is 3.21. The predicted molar refractivity (Wildman–Crippen MR) is 276 cm³/mol. The Bertz CT molecular complexity index is 1930. The molecule has 0 aliphatic carbocycles. The molecule has 1 aromatic rings. The van der Waals surface area contributed by atoms with Gasteiger partial charge >= 0.3 is 6.18 Å². The largest absolute Gasteiger partial charge is 0.507 e. The van der Waals surface area contributed by atoms with Crippen LogP contribution in [0.25, 0.3) is 0 Å². The first-order valence-electron chi connectivity index (χ1n) is 24.4. The van der Waals surface area contributed by atoms with Crippen LogP contribution in [-0.2, 0) is 12.6 Å². The normalized spacial score (nSPS) is 14.4. The van der Waals surface area contributed by atoms with Gasteiger partial charge in [-0.05, 0) is 211 Å². The molecule has 0 atom stereocenters. The van der Waals surface area contributed by atoms with Crippen LogP contribution in [0.15, 0.2) is 116 Å². The van der Waals surface area contributed by atoms with Gasteiger partial charge in [-0.3, -0.25) is 0 Å². The number of phenolic OH excluding ortho intramolecular Hbond substituents is 2. The molecule has 0 saturated carbocycles. The van der Waals surface area contributed by atoms with Crippen LogP contribution in [-0.4, -0.2) is 17.3 Å². The van der Waals surface area contributed by atoms with Gasteiger partial charge in [0.05, 0.1) is 7.11 Å². The molecule has 0 radical (unpaired) electrons. The second-order valence-corrected chi connectivity index (χ2v) is 19.0. The molecule has 6 heteroatoms. The topological polar surface area (TPSA) is 49.7 Å². The van der Waals surface area contributed by atoms with Gasteiger partial charge in [0.15, 0.2) is 11.5 Å². The summed E-state index contributed by atoms with van der Waals surface area (Å²) in [7, 11) is 1.05. The van der Waals surface area contributed by atoms with Gasteiger partial charge in [-0.15, -0.1) is 0 Å². The first-order valence-corrected chi connectivity index (χ1v) is 24.4. The number of aromatic hydroxyl groups is 2. The van der Waals surface area contributed by atoms with Crippen LogP contribution in [0.3, 0.4) is 0 Å². The second-order valence-electron chi connectivity index (χ2n) is 19.0. The summed E-state index contributed by atoms with van der Waals surface area (Å²) >= 11 is 0. The van der Waals surface area contributed by atoms with Gasteiger partial charge in [0, 0.05) is 5.56 Å². The van der Waals surface area contributed by atoms with Crippen molar-refractivity contribution in [2.24, 2.45) is 0 Å². The zero-order chi connectivity index (χ0) is 49.0. The van der Waals surface area contributed by atoms with Gasteiger partial charge in [-0.25, -0.2) is 0 Å². The van der Waals surface area contributed by atoms with E-state index < -0.39 is 29.0 Å². The molecule has 0 unspecified atom stereocenters. The maximum absolute atomic E-state index is 13.5. The summed E-state index contributed by atoms with van der Waals surface area (Å²) in [6, 6.07) is 0. The number of hydrogen-bond acceptors (Lipinski definition) is 3. The number of phenols is 2. The molecule has 0 aliphatic rings. The molecule has 65 heavy (non-hydrogen) atoms. The highest BCUT2D eigenvalue weighted by Crippen LogP contribution is 2.50. The van der Waals surface area contributed by atoms with E-state index in [0.717, 1.165) is 122 Å². The van der Waals surface area contributed by atoms with E-state index in [2.05, 4.69) is 124 Å². The fourth-order valence-electron chi connectivity index (χ4n) is 7.74. The Morgan fingerprint density at radius 2 is 0.662 bits per heavy atom. The smallest absolute Gasteiger partial charge is 0.423 e. The third kappa shape index (κ3) is 26.5. The number of ether oxygens (including phenoxy) is 1. The highest BCUT2D eigenvalue weighted by atomic mass is 19.4. The molecule has 1 aromatic carbocycles. The van der Waals surface area contributed by atoms with Gasteiger partial charge in [0.25, 0.3) is 0 Å². The van der Waals surface area contributed by atoms with Crippen LogP contribution in [0.4, 0.5) is 13.2 Å². The van der Waals surface area contributed by atoms with E-state index in [-0.39, 0.29) is 17.5 Å². The van der Waals surface area contributed by atoms with Crippen molar-refractivity contribution in [1.29, 1.82) is 0 Å². The maximum atomic E-state index is 13.5. The van der Waals surface area contributed by atoms with Crippen LogP contribution in [0.2, 0.25) is 0 Å². The van der Waals surface area contributed by atoms with E-state index in [4.69, 9.17) is 4.74 Å². The van der Waals surface area contributed by atoms with Crippen LogP contribution in [0.1, 0.15) is 208 Å². The first-order chi connectivity index (χ1) is 30.7. The van der Waals surface area contributed by atoms with E-state index in [0.29, 0.717) is 0 Å². The Kier molecular flexibility index (Phi) is 29.4. The number of rotatable bonds is 30. The van der Waals surface area contributed by atoms with Crippen molar-refractivity contribution < 1.29 is 28.1 Å². The molecule has 0 bridgehead atoms. The summed E-state index contributed by atoms with van der Waals surface area (Å²) in [5.74, 6) is -2.25. The quantitative estimate of drug-likeness (QED) is 0.0597. The van der Waals surface area contributed by atoms with Gasteiger partial charge in [-0.2, -0.15) is 13.2 Å². The van der Waals surface area contributed by atoms with Crippen molar-refractivity contribution in [2.45, 2.75) is 211 Å². The molecule has 0 aliphatic heterocycles. The Morgan fingerprint density at radius 3 is 0.892 bits per heavy atom. The average molecular weight is 903 g/mol. The number of allylic oxidation sites excluding steroid dienone is 20. The molecule has 0 heterocycles. The number of alkyl halides is 3. The monoisotopic (exact) mass is 903 g/mol. The van der Waals surface area contributed by atoms with Crippen molar-refractivity contribution >= 4 is 0 Å². The second kappa shape index (κ2) is 32.5. The third-order valence-electron chi connectivity index (χ3n) is 12.3. The van der Waals surface area contributed by atoms with E-state index in [1.807, 2.05) is 13.0 Å². The molecular formula is C59H89F3O3. The van der Waals surface area contributed by atoms with Crippen molar-refractivity contribution in [1.82, 2.24) is 0 Å². The van der Waals surface area contributed by atoms with Crippen molar-refractivity contribution in [3.63, 3.8) is 0 Å². The fourth-order valence-corrected chi connectivity index (χ4v) is 7.74. The summed E-state index contributed by atoms with van der Waals surface area (Å²) in [4.78, 5) is 0. The van der Waals surface area contributed by atoms with Gasteiger partial charge < -0.3 is 14.9 Å². The Morgan fingerprint density at radius 1 is 0.415 bits per heavy atom. The molecule has 0 amide bonds.